The smallest absolute Gasteiger partial charge is 0.403 e. The second-order valence-electron chi connectivity index (χ2n) is 14.5. The number of ketones is 1. The van der Waals surface area contributed by atoms with Crippen LogP contribution in [-0.4, -0.2) is 106 Å². The van der Waals surface area contributed by atoms with E-state index in [1.807, 2.05) is 10.6 Å². The van der Waals surface area contributed by atoms with Gasteiger partial charge in [-0.2, -0.15) is 26.3 Å². The zero-order chi connectivity index (χ0) is 49.5. The van der Waals surface area contributed by atoms with Crippen LogP contribution in [0, 0.1) is 5.92 Å². The molecule has 3 atom stereocenters. The van der Waals surface area contributed by atoms with E-state index in [0.717, 1.165) is 31.2 Å². The van der Waals surface area contributed by atoms with Crippen LogP contribution in [0.5, 0.6) is 5.75 Å². The van der Waals surface area contributed by atoms with Crippen molar-refractivity contribution in [2.45, 2.75) is 43.8 Å². The number of aliphatic carboxylic acids is 1. The molecule has 4 amide bonds. The SMILES string of the molecule is CC(NC(=O)C(NC(=O)CNC(=O)c1ccc(-c2c3ccc(=O)cc-3oc3cc(O)ccc23)c(C(=O)O)c1)C(C(F)(F)F)C(F)(F)F)C(=O)NC(CC(=O)O)C(=O)COC(=O)c1ccccc1. The monoisotopic (exact) mass is 944 g/mol. The van der Waals surface area contributed by atoms with Gasteiger partial charge in [0.15, 0.2) is 23.7 Å². The molecule has 3 aromatic rings. The summed E-state index contributed by atoms with van der Waals surface area (Å²) in [6.45, 7) is -1.78. The largest absolute Gasteiger partial charge is 0.508 e. The fourth-order valence-electron chi connectivity index (χ4n) is 6.56. The zero-order valence-electron chi connectivity index (χ0n) is 34.1. The lowest BCUT2D eigenvalue weighted by Gasteiger charge is -2.31. The summed E-state index contributed by atoms with van der Waals surface area (Å²) in [4.78, 5) is 113. The van der Waals surface area contributed by atoms with Gasteiger partial charge in [0.05, 0.1) is 24.1 Å². The number of Topliss-reactive ketones (excluding diaryl/α,β-unsaturated/α-hetero) is 1. The number of hydrogen-bond donors (Lipinski definition) is 7. The molecule has 1 heterocycles. The molecule has 0 bridgehead atoms. The first-order valence-electron chi connectivity index (χ1n) is 19.2. The molecule has 1 aliphatic carbocycles. The van der Waals surface area contributed by atoms with Crippen molar-refractivity contribution in [1.82, 2.24) is 21.3 Å². The summed E-state index contributed by atoms with van der Waals surface area (Å²) in [7, 11) is 0. The number of nitrogens with one attached hydrogen (secondary N) is 4. The standard InChI is InChI=1S/C43H34F6N4O14/c1-19(37(60)52-28(16-33(58)59)29(56)18-66-41(65)20-5-3-2-4-6-20)51-39(62)35(36(42(44,45)46)43(47,48)49)53-32(57)17-50-38(61)21-7-10-24(27(13-21)40(63)64)34-25-11-8-22(54)14-30(25)67-31-15-23(55)9-12-26(31)34/h2-15,19,28,35-36,54H,16-18H2,1H3,(H,50,61)(H,51,62)(H,52,60)(H,53,57)(H,58,59)(H,63,64). The number of carbonyl (C=O) groups is 8. The summed E-state index contributed by atoms with van der Waals surface area (Å²) in [5.74, 6) is -17.3. The molecule has 0 saturated heterocycles. The molecule has 2 aliphatic rings. The van der Waals surface area contributed by atoms with Gasteiger partial charge < -0.3 is 45.7 Å². The van der Waals surface area contributed by atoms with E-state index < -0.39 is 120 Å². The Hall–Kier alpha value is -8.31. The van der Waals surface area contributed by atoms with Gasteiger partial charge in [0, 0.05) is 34.2 Å². The van der Waals surface area contributed by atoms with Crippen LogP contribution in [0.2, 0.25) is 0 Å². The predicted octanol–water partition coefficient (Wildman–Crippen LogP) is 3.81. The number of carbonyl (C=O) groups excluding carboxylic acids is 6. The zero-order valence-corrected chi connectivity index (χ0v) is 34.1. The number of alkyl halides is 6. The Labute approximate surface area is 371 Å². The highest BCUT2D eigenvalue weighted by atomic mass is 19.4. The van der Waals surface area contributed by atoms with E-state index in [4.69, 9.17) is 9.15 Å². The maximum atomic E-state index is 14.0. The molecule has 0 spiro atoms. The van der Waals surface area contributed by atoms with Crippen LogP contribution in [0.15, 0.2) is 94.1 Å². The van der Waals surface area contributed by atoms with Crippen molar-refractivity contribution >= 4 is 58.3 Å². The molecule has 3 unspecified atom stereocenters. The second-order valence-corrected chi connectivity index (χ2v) is 14.5. The summed E-state index contributed by atoms with van der Waals surface area (Å²) in [6, 6.07) is 9.91. The number of amides is 4. The summed E-state index contributed by atoms with van der Waals surface area (Å²) in [5, 5.41) is 36.3. The number of aromatic carboxylic acids is 1. The van der Waals surface area contributed by atoms with Gasteiger partial charge in [-0.1, -0.05) is 24.3 Å². The van der Waals surface area contributed by atoms with E-state index >= 15 is 0 Å². The van der Waals surface area contributed by atoms with Gasteiger partial charge in [0.1, 0.15) is 35.2 Å². The third-order valence-electron chi connectivity index (χ3n) is 9.70. The maximum absolute atomic E-state index is 14.0. The first-order valence-corrected chi connectivity index (χ1v) is 19.2. The third kappa shape index (κ3) is 12.3. The Morgan fingerprint density at radius 1 is 0.746 bits per heavy atom. The van der Waals surface area contributed by atoms with Crippen LogP contribution in [-0.2, 0) is 28.7 Å². The van der Waals surface area contributed by atoms with Gasteiger partial charge in [0.2, 0.25) is 17.7 Å². The van der Waals surface area contributed by atoms with Crippen LogP contribution in [0.3, 0.4) is 0 Å². The van der Waals surface area contributed by atoms with E-state index in [1.54, 1.807) is 11.4 Å². The highest BCUT2D eigenvalue weighted by Gasteiger charge is 2.62. The second kappa shape index (κ2) is 20.2. The highest BCUT2D eigenvalue weighted by Crippen LogP contribution is 2.43. The summed E-state index contributed by atoms with van der Waals surface area (Å²) < 4.78 is 94.5. The van der Waals surface area contributed by atoms with Gasteiger partial charge in [-0.15, -0.1) is 0 Å². The third-order valence-corrected chi connectivity index (χ3v) is 9.70. The molecular weight excluding hydrogens is 910 g/mol. The Morgan fingerprint density at radius 3 is 2.03 bits per heavy atom. The fraction of sp³-hybridized carbons (Fsp3) is 0.233. The molecular formula is C43H34F6N4O14. The molecule has 1 aliphatic heterocycles. The number of aromatic hydroxyl groups is 1. The summed E-state index contributed by atoms with van der Waals surface area (Å²) in [6.07, 6.45) is -13.7. The molecule has 24 heteroatoms. The number of phenolic OH excluding ortho intramolecular Hbond substituents is 1. The Morgan fingerprint density at radius 2 is 1.40 bits per heavy atom. The number of fused-ring (bicyclic) bond motifs is 2. The maximum Gasteiger partial charge on any atom is 0.403 e. The first kappa shape index (κ1) is 49.7. The molecule has 0 saturated carbocycles. The average molecular weight is 945 g/mol. The van der Waals surface area contributed by atoms with Crippen LogP contribution < -0.4 is 26.7 Å². The number of rotatable bonds is 17. The fourth-order valence-corrected chi connectivity index (χ4v) is 6.56. The predicted molar refractivity (Wildman–Crippen MR) is 217 cm³/mol. The Balaban J connectivity index is 1.32. The van der Waals surface area contributed by atoms with E-state index in [2.05, 4.69) is 0 Å². The van der Waals surface area contributed by atoms with Crippen LogP contribution in [0.1, 0.15) is 44.4 Å². The lowest BCUT2D eigenvalue weighted by atomic mass is 9.90. The van der Waals surface area contributed by atoms with Crippen LogP contribution in [0.4, 0.5) is 26.3 Å². The molecule has 5 rings (SSSR count). The van der Waals surface area contributed by atoms with Crippen LogP contribution >= 0.6 is 0 Å². The van der Waals surface area contributed by atoms with Crippen molar-refractivity contribution in [1.29, 1.82) is 0 Å². The van der Waals surface area contributed by atoms with Gasteiger partial charge >= 0.3 is 30.3 Å². The van der Waals surface area contributed by atoms with Crippen molar-refractivity contribution in [3.8, 4) is 28.2 Å². The van der Waals surface area contributed by atoms with E-state index in [-0.39, 0.29) is 44.7 Å². The molecule has 3 aromatic carbocycles. The first-order chi connectivity index (χ1) is 31.3. The number of halogens is 6. The van der Waals surface area contributed by atoms with E-state index in [9.17, 15) is 84.8 Å². The van der Waals surface area contributed by atoms with Crippen molar-refractivity contribution < 1.29 is 89.2 Å². The normalized spacial score (nSPS) is 13.0. The Bertz CT molecular complexity index is 2780. The topological polar surface area (TPSA) is 285 Å². The molecule has 352 valence electrons. The van der Waals surface area contributed by atoms with Gasteiger partial charge in [-0.05, 0) is 61.0 Å². The number of phenols is 1. The number of carboxylic acid groups (broad SMARTS) is 2. The number of esters is 1. The van der Waals surface area contributed by atoms with Crippen molar-refractivity contribution in [3.05, 3.63) is 112 Å². The molecule has 67 heavy (non-hydrogen) atoms. The molecule has 7 N–H and O–H groups in total. The van der Waals surface area contributed by atoms with Gasteiger partial charge in [-0.3, -0.25) is 33.6 Å². The summed E-state index contributed by atoms with van der Waals surface area (Å²) >= 11 is 0. The van der Waals surface area contributed by atoms with Gasteiger partial charge in [-0.25, -0.2) is 9.59 Å². The molecule has 18 nitrogen and oxygen atoms in total. The lowest BCUT2D eigenvalue weighted by Crippen LogP contribution is -2.62. The van der Waals surface area contributed by atoms with Crippen molar-refractivity contribution in [2.24, 2.45) is 5.92 Å². The lowest BCUT2D eigenvalue weighted by molar-refractivity contribution is -0.289. The number of benzene rings is 4. The molecule has 0 fully saturated rings. The Kier molecular flexibility index (Phi) is 15.0. The molecule has 0 aromatic heterocycles. The summed E-state index contributed by atoms with van der Waals surface area (Å²) in [5.41, 5.74) is -1.15. The number of ether oxygens (including phenoxy) is 1. The van der Waals surface area contributed by atoms with Crippen LogP contribution in [0.25, 0.3) is 33.4 Å². The highest BCUT2D eigenvalue weighted by molar-refractivity contribution is 6.09. The quantitative estimate of drug-likeness (QED) is 0.0397. The minimum atomic E-state index is -6.28. The number of carboxylic acids is 2. The van der Waals surface area contributed by atoms with Crippen molar-refractivity contribution in [2.75, 3.05) is 13.2 Å². The van der Waals surface area contributed by atoms with E-state index in [1.165, 1.54) is 59.9 Å². The molecule has 0 radical (unpaired) electrons. The number of hydrogen-bond acceptors (Lipinski definition) is 12. The minimum absolute atomic E-state index is 0.00968. The van der Waals surface area contributed by atoms with Gasteiger partial charge in [0.25, 0.3) is 5.91 Å². The van der Waals surface area contributed by atoms with E-state index in [0.29, 0.717) is 0 Å². The minimum Gasteiger partial charge on any atom is -0.508 e. The van der Waals surface area contributed by atoms with Crippen molar-refractivity contribution in [3.63, 3.8) is 0 Å². The average Bonchev–Trinajstić information content (AvgIpc) is 3.24.